The highest BCUT2D eigenvalue weighted by Crippen LogP contribution is 2.31. The predicted octanol–water partition coefficient (Wildman–Crippen LogP) is 2.62. The number of rotatable bonds is 6. The lowest BCUT2D eigenvalue weighted by atomic mass is 10.2. The van der Waals surface area contributed by atoms with Gasteiger partial charge in [-0.25, -0.2) is 0 Å². The van der Waals surface area contributed by atoms with Gasteiger partial charge in [0.05, 0.1) is 12.8 Å². The zero-order valence-corrected chi connectivity index (χ0v) is 13.5. The number of hydrogen-bond acceptors (Lipinski definition) is 3. The molecule has 1 aromatic carbocycles. The zero-order chi connectivity index (χ0) is 16.0. The maximum atomic E-state index is 11.9. The fourth-order valence-electron chi connectivity index (χ4n) is 1.93. The lowest BCUT2D eigenvalue weighted by Crippen LogP contribution is -2.36. The number of methoxy groups -OCH3 is 1. The standard InChI is InChI=1S/C15H21ClN2O3/c1-10(2)17-15(20)7-8-18(11(3)19)13-9-12(16)5-6-14(13)21-4/h5-6,9-10H,7-8H2,1-4H3,(H,17,20). The van der Waals surface area contributed by atoms with E-state index < -0.39 is 0 Å². The summed E-state index contributed by atoms with van der Waals surface area (Å²) in [5, 5.41) is 3.30. The number of carbonyl (C=O) groups is 2. The summed E-state index contributed by atoms with van der Waals surface area (Å²) < 4.78 is 5.25. The minimum absolute atomic E-state index is 0.0731. The van der Waals surface area contributed by atoms with Crippen molar-refractivity contribution in [3.05, 3.63) is 23.2 Å². The van der Waals surface area contributed by atoms with E-state index >= 15 is 0 Å². The van der Waals surface area contributed by atoms with Crippen LogP contribution in [0.3, 0.4) is 0 Å². The van der Waals surface area contributed by atoms with Crippen molar-refractivity contribution >= 4 is 29.1 Å². The highest BCUT2D eigenvalue weighted by Gasteiger charge is 2.18. The van der Waals surface area contributed by atoms with Gasteiger partial charge in [-0.2, -0.15) is 0 Å². The van der Waals surface area contributed by atoms with Gasteiger partial charge in [0, 0.05) is 31.0 Å². The molecule has 6 heteroatoms. The number of ether oxygens (including phenoxy) is 1. The lowest BCUT2D eigenvalue weighted by Gasteiger charge is -2.23. The van der Waals surface area contributed by atoms with Crippen LogP contribution in [0.2, 0.25) is 5.02 Å². The molecule has 1 rings (SSSR count). The molecule has 116 valence electrons. The molecule has 1 aromatic rings. The van der Waals surface area contributed by atoms with Crippen LogP contribution in [0.1, 0.15) is 27.2 Å². The zero-order valence-electron chi connectivity index (χ0n) is 12.8. The largest absolute Gasteiger partial charge is 0.495 e. The SMILES string of the molecule is COc1ccc(Cl)cc1N(CCC(=O)NC(C)C)C(C)=O. The van der Waals surface area contributed by atoms with Crippen molar-refractivity contribution in [1.82, 2.24) is 5.32 Å². The van der Waals surface area contributed by atoms with Gasteiger partial charge in [-0.3, -0.25) is 9.59 Å². The second kappa shape index (κ2) is 7.88. The molecule has 0 radical (unpaired) electrons. The molecule has 0 fully saturated rings. The Morgan fingerprint density at radius 3 is 2.57 bits per heavy atom. The van der Waals surface area contributed by atoms with E-state index in [0.29, 0.717) is 16.5 Å². The smallest absolute Gasteiger partial charge is 0.223 e. The fourth-order valence-corrected chi connectivity index (χ4v) is 2.10. The minimum Gasteiger partial charge on any atom is -0.495 e. The monoisotopic (exact) mass is 312 g/mol. The molecule has 0 heterocycles. The second-order valence-electron chi connectivity index (χ2n) is 4.96. The van der Waals surface area contributed by atoms with Crippen molar-refractivity contribution in [3.8, 4) is 5.75 Å². The van der Waals surface area contributed by atoms with Gasteiger partial charge in [0.2, 0.25) is 11.8 Å². The van der Waals surface area contributed by atoms with E-state index in [1.807, 2.05) is 13.8 Å². The Morgan fingerprint density at radius 2 is 2.05 bits per heavy atom. The highest BCUT2D eigenvalue weighted by molar-refractivity contribution is 6.31. The van der Waals surface area contributed by atoms with Crippen molar-refractivity contribution in [2.75, 3.05) is 18.6 Å². The molecular formula is C15H21ClN2O3. The number of hydrogen-bond donors (Lipinski definition) is 1. The number of nitrogens with one attached hydrogen (secondary N) is 1. The van der Waals surface area contributed by atoms with Crippen LogP contribution in [0.25, 0.3) is 0 Å². The van der Waals surface area contributed by atoms with Crippen molar-refractivity contribution in [1.29, 1.82) is 0 Å². The number of halogens is 1. The average molecular weight is 313 g/mol. The molecule has 21 heavy (non-hydrogen) atoms. The van der Waals surface area contributed by atoms with Gasteiger partial charge in [-0.05, 0) is 32.0 Å². The first kappa shape index (κ1) is 17.3. The summed E-state index contributed by atoms with van der Waals surface area (Å²) in [6.45, 7) is 5.49. The average Bonchev–Trinajstić information content (AvgIpc) is 2.38. The van der Waals surface area contributed by atoms with Crippen LogP contribution in [0.5, 0.6) is 5.75 Å². The van der Waals surface area contributed by atoms with Crippen molar-refractivity contribution in [2.24, 2.45) is 0 Å². The third-order valence-electron chi connectivity index (χ3n) is 2.82. The van der Waals surface area contributed by atoms with Gasteiger partial charge in [0.1, 0.15) is 5.75 Å². The third kappa shape index (κ3) is 5.27. The predicted molar refractivity (Wildman–Crippen MR) is 83.9 cm³/mol. The first-order valence-electron chi connectivity index (χ1n) is 6.76. The van der Waals surface area contributed by atoms with Crippen LogP contribution < -0.4 is 15.0 Å². The topological polar surface area (TPSA) is 58.6 Å². The molecule has 0 unspecified atom stereocenters. The van der Waals surface area contributed by atoms with E-state index in [1.165, 1.54) is 18.9 Å². The number of anilines is 1. The Kier molecular flexibility index (Phi) is 6.49. The van der Waals surface area contributed by atoms with E-state index in [-0.39, 0.29) is 30.8 Å². The summed E-state index contributed by atoms with van der Waals surface area (Å²) in [6, 6.07) is 5.11. The Morgan fingerprint density at radius 1 is 1.38 bits per heavy atom. The molecule has 0 bridgehead atoms. The van der Waals surface area contributed by atoms with E-state index in [4.69, 9.17) is 16.3 Å². The summed E-state index contributed by atoms with van der Waals surface area (Å²) in [4.78, 5) is 25.1. The van der Waals surface area contributed by atoms with Crippen LogP contribution in [0.4, 0.5) is 5.69 Å². The minimum atomic E-state index is -0.173. The molecule has 0 saturated heterocycles. The Labute approximate surface area is 130 Å². The molecule has 2 amide bonds. The molecule has 0 atom stereocenters. The van der Waals surface area contributed by atoms with E-state index in [2.05, 4.69) is 5.32 Å². The fraction of sp³-hybridized carbons (Fsp3) is 0.467. The van der Waals surface area contributed by atoms with Gasteiger partial charge < -0.3 is 15.0 Å². The van der Waals surface area contributed by atoms with E-state index in [9.17, 15) is 9.59 Å². The van der Waals surface area contributed by atoms with E-state index in [1.54, 1.807) is 18.2 Å². The van der Waals surface area contributed by atoms with Gasteiger partial charge in [-0.15, -0.1) is 0 Å². The lowest BCUT2D eigenvalue weighted by molar-refractivity contribution is -0.121. The molecule has 0 aromatic heterocycles. The molecular weight excluding hydrogens is 292 g/mol. The molecule has 0 spiro atoms. The maximum Gasteiger partial charge on any atom is 0.223 e. The Balaban J connectivity index is 2.90. The van der Waals surface area contributed by atoms with E-state index in [0.717, 1.165) is 0 Å². The van der Waals surface area contributed by atoms with Crippen molar-refractivity contribution < 1.29 is 14.3 Å². The summed E-state index contributed by atoms with van der Waals surface area (Å²) in [5.41, 5.74) is 0.565. The molecule has 0 saturated carbocycles. The second-order valence-corrected chi connectivity index (χ2v) is 5.40. The third-order valence-corrected chi connectivity index (χ3v) is 3.06. The van der Waals surface area contributed by atoms with Crippen molar-refractivity contribution in [3.63, 3.8) is 0 Å². The summed E-state index contributed by atoms with van der Waals surface area (Å²) >= 11 is 5.98. The first-order valence-corrected chi connectivity index (χ1v) is 7.14. The summed E-state index contributed by atoms with van der Waals surface area (Å²) in [7, 11) is 1.52. The van der Waals surface area contributed by atoms with Crippen LogP contribution in [0.15, 0.2) is 18.2 Å². The summed E-state index contributed by atoms with van der Waals surface area (Å²) in [6.07, 6.45) is 0.216. The normalized spacial score (nSPS) is 10.4. The molecule has 0 aliphatic carbocycles. The molecule has 1 N–H and O–H groups in total. The van der Waals surface area contributed by atoms with Crippen LogP contribution >= 0.6 is 11.6 Å². The maximum absolute atomic E-state index is 11.9. The van der Waals surface area contributed by atoms with Crippen LogP contribution in [-0.4, -0.2) is 31.5 Å². The number of amides is 2. The number of benzene rings is 1. The van der Waals surface area contributed by atoms with Gasteiger partial charge in [-0.1, -0.05) is 11.6 Å². The van der Waals surface area contributed by atoms with Gasteiger partial charge in [0.25, 0.3) is 0 Å². The van der Waals surface area contributed by atoms with Crippen molar-refractivity contribution in [2.45, 2.75) is 33.2 Å². The Hall–Kier alpha value is -1.75. The van der Waals surface area contributed by atoms with Crippen LogP contribution in [-0.2, 0) is 9.59 Å². The van der Waals surface area contributed by atoms with Gasteiger partial charge >= 0.3 is 0 Å². The Bertz CT molecular complexity index is 518. The first-order chi connectivity index (χ1) is 9.85. The molecule has 0 aliphatic heterocycles. The quantitative estimate of drug-likeness (QED) is 0.878. The number of nitrogens with zero attached hydrogens (tertiary/aromatic N) is 1. The molecule has 0 aliphatic rings. The summed E-state index contributed by atoms with van der Waals surface area (Å²) in [5.74, 6) is 0.268. The highest BCUT2D eigenvalue weighted by atomic mass is 35.5. The molecule has 5 nitrogen and oxygen atoms in total. The number of carbonyl (C=O) groups excluding carboxylic acids is 2. The van der Waals surface area contributed by atoms with Gasteiger partial charge in [0.15, 0.2) is 0 Å². The van der Waals surface area contributed by atoms with Crippen LogP contribution in [0, 0.1) is 0 Å².